The van der Waals surface area contributed by atoms with Crippen molar-refractivity contribution in [1.29, 1.82) is 0 Å². The monoisotopic (exact) mass is 227 g/mol. The first-order valence-electron chi connectivity index (χ1n) is 5.78. The maximum absolute atomic E-state index is 11.7. The van der Waals surface area contributed by atoms with Gasteiger partial charge < -0.3 is 15.5 Å². The molecule has 0 saturated carbocycles. The SMILES string of the molecule is CNC(=O)CN(C)C(=O)CCC1CCNC1. The number of nitrogens with one attached hydrogen (secondary N) is 2. The van der Waals surface area contributed by atoms with E-state index in [1.165, 1.54) is 4.90 Å². The van der Waals surface area contributed by atoms with Crippen LogP contribution in [0.25, 0.3) is 0 Å². The van der Waals surface area contributed by atoms with Crippen LogP contribution in [-0.2, 0) is 9.59 Å². The summed E-state index contributed by atoms with van der Waals surface area (Å²) in [6.07, 6.45) is 2.62. The van der Waals surface area contributed by atoms with Crippen molar-refractivity contribution in [3.05, 3.63) is 0 Å². The van der Waals surface area contributed by atoms with Gasteiger partial charge in [0.15, 0.2) is 0 Å². The van der Waals surface area contributed by atoms with Crippen LogP contribution in [0.5, 0.6) is 0 Å². The van der Waals surface area contributed by atoms with E-state index in [4.69, 9.17) is 0 Å². The van der Waals surface area contributed by atoms with Gasteiger partial charge in [-0.25, -0.2) is 0 Å². The molecule has 1 unspecified atom stereocenters. The Balaban J connectivity index is 2.20. The molecule has 0 aromatic heterocycles. The molecule has 1 aliphatic rings. The number of nitrogens with zero attached hydrogens (tertiary/aromatic N) is 1. The Morgan fingerprint density at radius 1 is 1.50 bits per heavy atom. The van der Waals surface area contributed by atoms with Crippen molar-refractivity contribution in [2.45, 2.75) is 19.3 Å². The van der Waals surface area contributed by atoms with Crippen molar-refractivity contribution in [3.8, 4) is 0 Å². The van der Waals surface area contributed by atoms with E-state index in [0.29, 0.717) is 12.3 Å². The molecule has 5 nitrogen and oxygen atoms in total. The molecule has 0 aromatic carbocycles. The zero-order chi connectivity index (χ0) is 12.0. The van der Waals surface area contributed by atoms with Crippen LogP contribution in [0.3, 0.4) is 0 Å². The van der Waals surface area contributed by atoms with Gasteiger partial charge in [-0.1, -0.05) is 0 Å². The standard InChI is InChI=1S/C11H21N3O2/c1-12-10(15)8-14(2)11(16)4-3-9-5-6-13-7-9/h9,13H,3-8H2,1-2H3,(H,12,15). The van der Waals surface area contributed by atoms with Gasteiger partial charge in [0.25, 0.3) is 0 Å². The molecule has 92 valence electrons. The minimum Gasteiger partial charge on any atom is -0.358 e. The van der Waals surface area contributed by atoms with Gasteiger partial charge in [0, 0.05) is 20.5 Å². The van der Waals surface area contributed by atoms with Crippen molar-refractivity contribution in [3.63, 3.8) is 0 Å². The van der Waals surface area contributed by atoms with Crippen molar-refractivity contribution >= 4 is 11.8 Å². The van der Waals surface area contributed by atoms with Gasteiger partial charge in [-0.15, -0.1) is 0 Å². The Kier molecular flexibility index (Phi) is 5.25. The summed E-state index contributed by atoms with van der Waals surface area (Å²) in [5, 5.41) is 5.78. The van der Waals surface area contributed by atoms with E-state index in [2.05, 4.69) is 10.6 Å². The molecule has 0 aromatic rings. The Labute approximate surface area is 96.6 Å². The lowest BCUT2D eigenvalue weighted by Crippen LogP contribution is -2.37. The second-order valence-electron chi connectivity index (χ2n) is 4.32. The van der Waals surface area contributed by atoms with Crippen molar-refractivity contribution < 1.29 is 9.59 Å². The quantitative estimate of drug-likeness (QED) is 0.670. The molecule has 1 aliphatic heterocycles. The lowest BCUT2D eigenvalue weighted by Gasteiger charge is -2.17. The van der Waals surface area contributed by atoms with Gasteiger partial charge in [0.2, 0.25) is 11.8 Å². The van der Waals surface area contributed by atoms with Crippen LogP contribution < -0.4 is 10.6 Å². The minimum absolute atomic E-state index is 0.0514. The van der Waals surface area contributed by atoms with Crippen LogP contribution in [0.2, 0.25) is 0 Å². The molecule has 16 heavy (non-hydrogen) atoms. The first-order valence-corrected chi connectivity index (χ1v) is 5.78. The normalized spacial score (nSPS) is 19.5. The lowest BCUT2D eigenvalue weighted by molar-refractivity contribution is -0.134. The van der Waals surface area contributed by atoms with Crippen molar-refractivity contribution in [1.82, 2.24) is 15.5 Å². The van der Waals surface area contributed by atoms with E-state index < -0.39 is 0 Å². The molecular formula is C11H21N3O2. The molecule has 2 amide bonds. The van der Waals surface area contributed by atoms with Gasteiger partial charge in [-0.2, -0.15) is 0 Å². The van der Waals surface area contributed by atoms with E-state index in [0.717, 1.165) is 25.9 Å². The van der Waals surface area contributed by atoms with Gasteiger partial charge in [0.1, 0.15) is 0 Å². The first-order chi connectivity index (χ1) is 7.63. The Hall–Kier alpha value is -1.10. The van der Waals surface area contributed by atoms with E-state index in [1.807, 2.05) is 0 Å². The van der Waals surface area contributed by atoms with Crippen molar-refractivity contribution in [2.75, 3.05) is 33.7 Å². The minimum atomic E-state index is -0.126. The van der Waals surface area contributed by atoms with Crippen LogP contribution >= 0.6 is 0 Å². The van der Waals surface area contributed by atoms with Gasteiger partial charge in [-0.05, 0) is 31.8 Å². The van der Waals surface area contributed by atoms with Gasteiger partial charge in [0.05, 0.1) is 6.54 Å². The maximum atomic E-state index is 11.7. The summed E-state index contributed by atoms with van der Waals surface area (Å²) in [5.41, 5.74) is 0. The predicted octanol–water partition coefficient (Wildman–Crippen LogP) is -0.419. The Bertz CT molecular complexity index is 250. The highest BCUT2D eigenvalue weighted by Crippen LogP contribution is 2.14. The summed E-state index contributed by atoms with van der Waals surface area (Å²) in [6.45, 7) is 2.23. The summed E-state index contributed by atoms with van der Waals surface area (Å²) < 4.78 is 0. The van der Waals surface area contributed by atoms with Crippen LogP contribution in [0.1, 0.15) is 19.3 Å². The fourth-order valence-electron chi connectivity index (χ4n) is 1.86. The first kappa shape index (κ1) is 13.0. The number of likely N-dealkylation sites (N-methyl/N-ethyl adjacent to an activating group) is 2. The highest BCUT2D eigenvalue weighted by molar-refractivity contribution is 5.84. The third-order valence-electron chi connectivity index (χ3n) is 3.01. The molecule has 5 heteroatoms. The zero-order valence-corrected chi connectivity index (χ0v) is 10.1. The fraction of sp³-hybridized carbons (Fsp3) is 0.818. The highest BCUT2D eigenvalue weighted by Gasteiger charge is 2.17. The third kappa shape index (κ3) is 4.18. The molecule has 1 heterocycles. The predicted molar refractivity (Wildman–Crippen MR) is 61.9 cm³/mol. The van der Waals surface area contributed by atoms with E-state index in [9.17, 15) is 9.59 Å². The number of hydrogen-bond acceptors (Lipinski definition) is 3. The maximum Gasteiger partial charge on any atom is 0.239 e. The molecular weight excluding hydrogens is 206 g/mol. The summed E-state index contributed by atoms with van der Waals surface area (Å²) >= 11 is 0. The van der Waals surface area contributed by atoms with E-state index >= 15 is 0 Å². The molecule has 0 bridgehead atoms. The van der Waals surface area contributed by atoms with Crippen LogP contribution in [0, 0.1) is 5.92 Å². The average Bonchev–Trinajstić information content (AvgIpc) is 2.78. The van der Waals surface area contributed by atoms with Crippen LogP contribution in [0.15, 0.2) is 0 Å². The largest absolute Gasteiger partial charge is 0.358 e. The molecule has 0 aliphatic carbocycles. The fourth-order valence-corrected chi connectivity index (χ4v) is 1.86. The number of amides is 2. The number of carbonyl (C=O) groups is 2. The molecule has 0 spiro atoms. The smallest absolute Gasteiger partial charge is 0.239 e. The molecule has 1 atom stereocenters. The van der Waals surface area contributed by atoms with Crippen LogP contribution in [0.4, 0.5) is 0 Å². The third-order valence-corrected chi connectivity index (χ3v) is 3.01. The zero-order valence-electron chi connectivity index (χ0n) is 10.1. The summed E-state index contributed by atoms with van der Waals surface area (Å²) in [7, 11) is 3.25. The van der Waals surface area contributed by atoms with Crippen molar-refractivity contribution in [2.24, 2.45) is 5.92 Å². The van der Waals surface area contributed by atoms with Gasteiger partial charge >= 0.3 is 0 Å². The summed E-state index contributed by atoms with van der Waals surface area (Å²) in [5.74, 6) is 0.547. The topological polar surface area (TPSA) is 61.4 Å². The van der Waals surface area contributed by atoms with E-state index in [1.54, 1.807) is 14.1 Å². The summed E-state index contributed by atoms with van der Waals surface area (Å²) in [6, 6.07) is 0. The van der Waals surface area contributed by atoms with Gasteiger partial charge in [-0.3, -0.25) is 9.59 Å². The summed E-state index contributed by atoms with van der Waals surface area (Å²) in [4.78, 5) is 24.2. The second kappa shape index (κ2) is 6.48. The lowest BCUT2D eigenvalue weighted by atomic mass is 10.0. The molecule has 1 saturated heterocycles. The second-order valence-corrected chi connectivity index (χ2v) is 4.32. The number of rotatable bonds is 5. The molecule has 0 radical (unpaired) electrons. The molecule has 1 rings (SSSR count). The highest BCUT2D eigenvalue weighted by atomic mass is 16.2. The number of carbonyl (C=O) groups excluding carboxylic acids is 2. The molecule has 2 N–H and O–H groups in total. The number of hydrogen-bond donors (Lipinski definition) is 2. The van der Waals surface area contributed by atoms with Crippen LogP contribution in [-0.4, -0.2) is 50.4 Å². The molecule has 1 fully saturated rings. The average molecular weight is 227 g/mol. The Morgan fingerprint density at radius 3 is 2.81 bits per heavy atom. The van der Waals surface area contributed by atoms with E-state index in [-0.39, 0.29) is 18.4 Å². The Morgan fingerprint density at radius 2 is 2.25 bits per heavy atom.